The highest BCUT2D eigenvalue weighted by molar-refractivity contribution is 5.84. The SMILES string of the molecule is COc1ccc(Cn2cnc(C(=O)O)c2)cc1F. The molecule has 94 valence electrons. The monoisotopic (exact) mass is 250 g/mol. The van der Waals surface area contributed by atoms with Crippen LogP contribution in [0.5, 0.6) is 5.75 Å². The molecule has 18 heavy (non-hydrogen) atoms. The van der Waals surface area contributed by atoms with Crippen LogP contribution >= 0.6 is 0 Å². The molecule has 6 heteroatoms. The second-order valence-electron chi connectivity index (χ2n) is 3.71. The number of nitrogens with zero attached hydrogens (tertiary/aromatic N) is 2. The summed E-state index contributed by atoms with van der Waals surface area (Å²) in [6.45, 7) is 0.348. The number of carboxylic acid groups (broad SMARTS) is 1. The fourth-order valence-electron chi connectivity index (χ4n) is 1.58. The minimum Gasteiger partial charge on any atom is -0.494 e. The maximum absolute atomic E-state index is 13.4. The lowest BCUT2D eigenvalue weighted by molar-refractivity contribution is 0.0691. The topological polar surface area (TPSA) is 64.4 Å². The number of ether oxygens (including phenoxy) is 1. The highest BCUT2D eigenvalue weighted by atomic mass is 19.1. The van der Waals surface area contributed by atoms with Crippen LogP contribution in [0, 0.1) is 5.82 Å². The van der Waals surface area contributed by atoms with E-state index < -0.39 is 11.8 Å². The fourth-order valence-corrected chi connectivity index (χ4v) is 1.58. The lowest BCUT2D eigenvalue weighted by Crippen LogP contribution is -1.99. The lowest BCUT2D eigenvalue weighted by Gasteiger charge is -2.05. The second-order valence-corrected chi connectivity index (χ2v) is 3.71. The summed E-state index contributed by atoms with van der Waals surface area (Å²) in [5.41, 5.74) is 0.659. The van der Waals surface area contributed by atoms with Gasteiger partial charge < -0.3 is 14.4 Å². The molecule has 0 bridgehead atoms. The van der Waals surface area contributed by atoms with Crippen molar-refractivity contribution in [1.82, 2.24) is 9.55 Å². The van der Waals surface area contributed by atoms with E-state index in [1.165, 1.54) is 31.8 Å². The molecule has 0 atom stereocenters. The zero-order chi connectivity index (χ0) is 13.1. The number of hydrogen-bond acceptors (Lipinski definition) is 3. The van der Waals surface area contributed by atoms with E-state index in [1.54, 1.807) is 10.6 Å². The van der Waals surface area contributed by atoms with Gasteiger partial charge in [0.05, 0.1) is 13.4 Å². The summed E-state index contributed by atoms with van der Waals surface area (Å²) in [5.74, 6) is -1.36. The lowest BCUT2D eigenvalue weighted by atomic mass is 10.2. The van der Waals surface area contributed by atoms with Gasteiger partial charge in [0, 0.05) is 12.7 Å². The summed E-state index contributed by atoms with van der Waals surface area (Å²) in [6.07, 6.45) is 2.79. The van der Waals surface area contributed by atoms with E-state index >= 15 is 0 Å². The van der Waals surface area contributed by atoms with Gasteiger partial charge in [-0.15, -0.1) is 0 Å². The van der Waals surface area contributed by atoms with E-state index in [0.717, 1.165) is 0 Å². The molecule has 1 heterocycles. The van der Waals surface area contributed by atoms with Crippen LogP contribution in [0.25, 0.3) is 0 Å². The van der Waals surface area contributed by atoms with Crippen molar-refractivity contribution in [1.29, 1.82) is 0 Å². The van der Waals surface area contributed by atoms with Crippen LogP contribution in [-0.2, 0) is 6.54 Å². The highest BCUT2D eigenvalue weighted by Gasteiger charge is 2.08. The highest BCUT2D eigenvalue weighted by Crippen LogP contribution is 2.18. The number of hydrogen-bond donors (Lipinski definition) is 1. The minimum absolute atomic E-state index is 0.0380. The standard InChI is InChI=1S/C12H11FN2O3/c1-18-11-3-2-8(4-9(11)13)5-15-6-10(12(16)17)14-7-15/h2-4,6-7H,5H2,1H3,(H,16,17). The molecule has 0 amide bonds. The molecule has 0 spiro atoms. The van der Waals surface area contributed by atoms with E-state index in [1.807, 2.05) is 0 Å². The number of carboxylic acids is 1. The molecule has 0 fully saturated rings. The van der Waals surface area contributed by atoms with Gasteiger partial charge in [-0.25, -0.2) is 14.2 Å². The molecule has 1 aromatic carbocycles. The van der Waals surface area contributed by atoms with Crippen LogP contribution in [0.3, 0.4) is 0 Å². The van der Waals surface area contributed by atoms with Crippen LogP contribution in [0.1, 0.15) is 16.1 Å². The number of methoxy groups -OCH3 is 1. The summed E-state index contributed by atoms with van der Waals surface area (Å²) in [4.78, 5) is 14.4. The van der Waals surface area contributed by atoms with Crippen molar-refractivity contribution in [2.45, 2.75) is 6.54 Å². The van der Waals surface area contributed by atoms with E-state index in [9.17, 15) is 9.18 Å². The average Bonchev–Trinajstić information content (AvgIpc) is 2.78. The maximum Gasteiger partial charge on any atom is 0.356 e. The van der Waals surface area contributed by atoms with Crippen LogP contribution in [0.4, 0.5) is 4.39 Å². The van der Waals surface area contributed by atoms with Crippen LogP contribution in [0.2, 0.25) is 0 Å². The number of rotatable bonds is 4. The molecule has 1 aromatic heterocycles. The summed E-state index contributed by atoms with van der Waals surface area (Å²) in [6, 6.07) is 4.58. The minimum atomic E-state index is -1.09. The van der Waals surface area contributed by atoms with Gasteiger partial charge in [-0.1, -0.05) is 6.07 Å². The molecular formula is C12H11FN2O3. The van der Waals surface area contributed by atoms with E-state index in [0.29, 0.717) is 12.1 Å². The Bertz CT molecular complexity index is 580. The van der Waals surface area contributed by atoms with Crippen molar-refractivity contribution in [2.24, 2.45) is 0 Å². The first-order valence-corrected chi connectivity index (χ1v) is 5.17. The van der Waals surface area contributed by atoms with Crippen molar-refractivity contribution in [3.05, 3.63) is 47.8 Å². The number of aromatic nitrogens is 2. The molecular weight excluding hydrogens is 239 g/mol. The molecule has 0 aliphatic carbocycles. The van der Waals surface area contributed by atoms with Crippen LogP contribution < -0.4 is 4.74 Å². The normalized spacial score (nSPS) is 10.3. The first-order chi connectivity index (χ1) is 8.60. The van der Waals surface area contributed by atoms with Gasteiger partial charge in [0.2, 0.25) is 0 Å². The molecule has 0 radical (unpaired) electrons. The Morgan fingerprint density at radius 1 is 1.56 bits per heavy atom. The summed E-state index contributed by atoms with van der Waals surface area (Å²) in [7, 11) is 1.40. The molecule has 0 unspecified atom stereocenters. The molecule has 2 rings (SSSR count). The third-order valence-electron chi connectivity index (χ3n) is 2.43. The quantitative estimate of drug-likeness (QED) is 0.898. The predicted molar refractivity (Wildman–Crippen MR) is 61.2 cm³/mol. The second kappa shape index (κ2) is 4.87. The molecule has 0 aliphatic heterocycles. The van der Waals surface area contributed by atoms with Gasteiger partial charge in [-0.05, 0) is 17.7 Å². The van der Waals surface area contributed by atoms with E-state index in [4.69, 9.17) is 9.84 Å². The molecule has 5 nitrogen and oxygen atoms in total. The van der Waals surface area contributed by atoms with Gasteiger partial charge in [0.25, 0.3) is 0 Å². The largest absolute Gasteiger partial charge is 0.494 e. The maximum atomic E-state index is 13.4. The van der Waals surface area contributed by atoms with Crippen LogP contribution in [-0.4, -0.2) is 27.7 Å². The van der Waals surface area contributed by atoms with Crippen molar-refractivity contribution < 1.29 is 19.0 Å². The fraction of sp³-hybridized carbons (Fsp3) is 0.167. The average molecular weight is 250 g/mol. The summed E-state index contributed by atoms with van der Waals surface area (Å²) >= 11 is 0. The zero-order valence-electron chi connectivity index (χ0n) is 9.63. The van der Waals surface area contributed by atoms with E-state index in [2.05, 4.69) is 4.98 Å². The Hall–Kier alpha value is -2.37. The van der Waals surface area contributed by atoms with Gasteiger partial charge in [-0.3, -0.25) is 0 Å². The number of aromatic carboxylic acids is 1. The number of imidazole rings is 1. The van der Waals surface area contributed by atoms with Crippen LogP contribution in [0.15, 0.2) is 30.7 Å². The zero-order valence-corrected chi connectivity index (χ0v) is 9.63. The summed E-state index contributed by atoms with van der Waals surface area (Å²) in [5, 5.41) is 8.72. The molecule has 2 aromatic rings. The summed E-state index contributed by atoms with van der Waals surface area (Å²) < 4.78 is 19.8. The molecule has 0 saturated carbocycles. The number of halogens is 1. The molecule has 0 saturated heterocycles. The Morgan fingerprint density at radius 3 is 2.89 bits per heavy atom. The van der Waals surface area contributed by atoms with Crippen molar-refractivity contribution in [2.75, 3.05) is 7.11 Å². The smallest absolute Gasteiger partial charge is 0.356 e. The first-order valence-electron chi connectivity index (χ1n) is 5.17. The van der Waals surface area contributed by atoms with E-state index in [-0.39, 0.29) is 11.4 Å². The van der Waals surface area contributed by atoms with Gasteiger partial charge in [0.15, 0.2) is 17.3 Å². The Morgan fingerprint density at radius 2 is 2.33 bits per heavy atom. The third kappa shape index (κ3) is 2.48. The van der Waals surface area contributed by atoms with Crippen molar-refractivity contribution in [3.63, 3.8) is 0 Å². The molecule has 0 aliphatic rings. The Labute approximate surface area is 102 Å². The Balaban J connectivity index is 2.18. The van der Waals surface area contributed by atoms with Gasteiger partial charge in [-0.2, -0.15) is 0 Å². The third-order valence-corrected chi connectivity index (χ3v) is 2.43. The van der Waals surface area contributed by atoms with Crippen molar-refractivity contribution in [3.8, 4) is 5.75 Å². The van der Waals surface area contributed by atoms with Crippen molar-refractivity contribution >= 4 is 5.97 Å². The first kappa shape index (κ1) is 12.1. The number of benzene rings is 1. The predicted octanol–water partition coefficient (Wildman–Crippen LogP) is 1.78. The number of carbonyl (C=O) groups is 1. The molecule has 1 N–H and O–H groups in total. The van der Waals surface area contributed by atoms with Gasteiger partial charge in [0.1, 0.15) is 0 Å². The van der Waals surface area contributed by atoms with Gasteiger partial charge >= 0.3 is 5.97 Å². The Kier molecular flexibility index (Phi) is 3.27.